The van der Waals surface area contributed by atoms with Crippen LogP contribution in [0.15, 0.2) is 24.3 Å². The van der Waals surface area contributed by atoms with E-state index in [1.807, 2.05) is 0 Å². The zero-order chi connectivity index (χ0) is 13.4. The molecule has 0 atom stereocenters. The van der Waals surface area contributed by atoms with Gasteiger partial charge in [0.15, 0.2) is 0 Å². The van der Waals surface area contributed by atoms with Crippen LogP contribution >= 0.6 is 11.6 Å². The number of hydrogen-bond acceptors (Lipinski definition) is 3. The number of carbonyl (C=O) groups excluding carboxylic acids is 1. The predicted molar refractivity (Wildman–Crippen MR) is 66.8 cm³/mol. The molecule has 98 valence electrons. The Hall–Kier alpha value is -1.75. The Morgan fingerprint density at radius 3 is 2.67 bits per heavy atom. The Kier molecular flexibility index (Phi) is 6.00. The molecule has 6 heteroatoms. The Labute approximate surface area is 110 Å². The number of carboxylic acids is 1. The van der Waals surface area contributed by atoms with E-state index in [1.54, 1.807) is 24.3 Å². The number of nitrogens with one attached hydrogen (secondary N) is 1. The van der Waals surface area contributed by atoms with Gasteiger partial charge >= 0.3 is 5.97 Å². The standard InChI is InChI=1S/C12H14ClNO4/c13-9-3-1-2-4-10(9)18-8-6-11(15)14-7-5-12(16)17/h1-4H,5-8H2,(H,14,15)(H,16,17). The summed E-state index contributed by atoms with van der Waals surface area (Å²) in [6, 6.07) is 6.98. The average Bonchev–Trinajstić information content (AvgIpc) is 2.31. The van der Waals surface area contributed by atoms with E-state index in [2.05, 4.69) is 5.32 Å². The molecule has 1 rings (SSSR count). The number of carboxylic acid groups (broad SMARTS) is 1. The smallest absolute Gasteiger partial charge is 0.305 e. The van der Waals surface area contributed by atoms with Crippen molar-refractivity contribution in [3.05, 3.63) is 29.3 Å². The van der Waals surface area contributed by atoms with Crippen LogP contribution in [0.3, 0.4) is 0 Å². The minimum Gasteiger partial charge on any atom is -0.491 e. The molecule has 1 aromatic carbocycles. The lowest BCUT2D eigenvalue weighted by molar-refractivity contribution is -0.136. The molecular formula is C12H14ClNO4. The number of benzene rings is 1. The Balaban J connectivity index is 2.20. The van der Waals surface area contributed by atoms with Gasteiger partial charge in [0.05, 0.1) is 24.5 Å². The van der Waals surface area contributed by atoms with E-state index in [-0.39, 0.29) is 31.9 Å². The van der Waals surface area contributed by atoms with Gasteiger partial charge in [-0.25, -0.2) is 0 Å². The maximum atomic E-state index is 11.3. The fraction of sp³-hybridized carbons (Fsp3) is 0.333. The van der Waals surface area contributed by atoms with Gasteiger partial charge in [-0.1, -0.05) is 23.7 Å². The van der Waals surface area contributed by atoms with Gasteiger partial charge in [-0.15, -0.1) is 0 Å². The first-order valence-electron chi connectivity index (χ1n) is 5.45. The largest absolute Gasteiger partial charge is 0.491 e. The molecule has 0 fully saturated rings. The topological polar surface area (TPSA) is 75.6 Å². The van der Waals surface area contributed by atoms with E-state index in [0.29, 0.717) is 10.8 Å². The van der Waals surface area contributed by atoms with Crippen molar-refractivity contribution in [3.8, 4) is 5.75 Å². The van der Waals surface area contributed by atoms with Gasteiger partial charge in [0.1, 0.15) is 5.75 Å². The molecule has 2 N–H and O–H groups in total. The first-order chi connectivity index (χ1) is 8.59. The molecule has 0 saturated carbocycles. The normalized spacial score (nSPS) is 9.83. The number of aliphatic carboxylic acids is 1. The van der Waals surface area contributed by atoms with Gasteiger partial charge < -0.3 is 15.2 Å². The second kappa shape index (κ2) is 7.55. The molecule has 5 nitrogen and oxygen atoms in total. The molecule has 0 aliphatic heterocycles. The maximum Gasteiger partial charge on any atom is 0.305 e. The number of amides is 1. The summed E-state index contributed by atoms with van der Waals surface area (Å²) in [5.74, 6) is -0.663. The van der Waals surface area contributed by atoms with E-state index in [0.717, 1.165) is 0 Å². The van der Waals surface area contributed by atoms with Crippen molar-refractivity contribution in [3.63, 3.8) is 0 Å². The predicted octanol–water partition coefficient (Wildman–Crippen LogP) is 1.70. The Morgan fingerprint density at radius 1 is 1.28 bits per heavy atom. The molecule has 0 aromatic heterocycles. The molecule has 1 amide bonds. The summed E-state index contributed by atoms with van der Waals surface area (Å²) in [5.41, 5.74) is 0. The first-order valence-corrected chi connectivity index (χ1v) is 5.83. The van der Waals surface area contributed by atoms with Gasteiger partial charge in [-0.3, -0.25) is 9.59 Å². The Bertz CT molecular complexity index is 422. The van der Waals surface area contributed by atoms with E-state index >= 15 is 0 Å². The monoisotopic (exact) mass is 271 g/mol. The van der Waals surface area contributed by atoms with Crippen LogP contribution in [0.1, 0.15) is 12.8 Å². The van der Waals surface area contributed by atoms with E-state index < -0.39 is 5.97 Å². The molecule has 0 unspecified atom stereocenters. The van der Waals surface area contributed by atoms with E-state index in [1.165, 1.54) is 0 Å². The quantitative estimate of drug-likeness (QED) is 0.791. The van der Waals surface area contributed by atoms with Crippen LogP contribution in [0, 0.1) is 0 Å². The first kappa shape index (κ1) is 14.3. The Morgan fingerprint density at radius 2 is 2.00 bits per heavy atom. The highest BCUT2D eigenvalue weighted by atomic mass is 35.5. The van der Waals surface area contributed by atoms with Gasteiger partial charge in [0, 0.05) is 6.54 Å². The molecule has 0 bridgehead atoms. The van der Waals surface area contributed by atoms with Gasteiger partial charge in [-0.2, -0.15) is 0 Å². The molecule has 0 aliphatic carbocycles. The van der Waals surface area contributed by atoms with Gasteiger partial charge in [0.25, 0.3) is 0 Å². The van der Waals surface area contributed by atoms with Crippen molar-refractivity contribution in [2.45, 2.75) is 12.8 Å². The average molecular weight is 272 g/mol. The van der Waals surface area contributed by atoms with Gasteiger partial charge in [0.2, 0.25) is 5.91 Å². The summed E-state index contributed by atoms with van der Waals surface area (Å²) in [4.78, 5) is 21.5. The number of halogens is 1. The number of rotatable bonds is 7. The van der Waals surface area contributed by atoms with Crippen LogP contribution < -0.4 is 10.1 Å². The minimum atomic E-state index is -0.942. The minimum absolute atomic E-state index is 0.0862. The van der Waals surface area contributed by atoms with Crippen LogP contribution in [-0.2, 0) is 9.59 Å². The molecule has 0 heterocycles. The summed E-state index contributed by atoms with van der Waals surface area (Å²) in [5, 5.41) is 11.4. The number of carbonyl (C=O) groups is 2. The molecule has 0 radical (unpaired) electrons. The number of hydrogen-bond donors (Lipinski definition) is 2. The molecule has 0 spiro atoms. The molecule has 0 saturated heterocycles. The van der Waals surface area contributed by atoms with E-state index in [9.17, 15) is 9.59 Å². The van der Waals surface area contributed by atoms with Crippen molar-refractivity contribution >= 4 is 23.5 Å². The number of para-hydroxylation sites is 1. The fourth-order valence-electron chi connectivity index (χ4n) is 1.21. The summed E-state index contributed by atoms with van der Waals surface area (Å²) in [6.07, 6.45) is 0.0714. The highest BCUT2D eigenvalue weighted by molar-refractivity contribution is 6.32. The van der Waals surface area contributed by atoms with Gasteiger partial charge in [-0.05, 0) is 12.1 Å². The molecule has 1 aromatic rings. The third-order valence-corrected chi connectivity index (χ3v) is 2.40. The van der Waals surface area contributed by atoms with Crippen LogP contribution in [-0.4, -0.2) is 30.1 Å². The zero-order valence-electron chi connectivity index (χ0n) is 9.69. The zero-order valence-corrected chi connectivity index (χ0v) is 10.4. The van der Waals surface area contributed by atoms with Crippen LogP contribution in [0.4, 0.5) is 0 Å². The SMILES string of the molecule is O=C(O)CCNC(=O)CCOc1ccccc1Cl. The lowest BCUT2D eigenvalue weighted by Crippen LogP contribution is -2.27. The summed E-state index contributed by atoms with van der Waals surface area (Å²) < 4.78 is 5.33. The van der Waals surface area contributed by atoms with Crippen LogP contribution in [0.25, 0.3) is 0 Å². The lowest BCUT2D eigenvalue weighted by atomic mass is 10.3. The highest BCUT2D eigenvalue weighted by Crippen LogP contribution is 2.22. The second-order valence-electron chi connectivity index (χ2n) is 3.52. The van der Waals surface area contributed by atoms with E-state index in [4.69, 9.17) is 21.4 Å². The molecule has 0 aliphatic rings. The second-order valence-corrected chi connectivity index (χ2v) is 3.93. The van der Waals surface area contributed by atoms with Crippen molar-refractivity contribution < 1.29 is 19.4 Å². The van der Waals surface area contributed by atoms with Crippen LogP contribution in [0.5, 0.6) is 5.75 Å². The number of ether oxygens (including phenoxy) is 1. The summed E-state index contributed by atoms with van der Waals surface area (Å²) in [7, 11) is 0. The highest BCUT2D eigenvalue weighted by Gasteiger charge is 2.04. The maximum absolute atomic E-state index is 11.3. The van der Waals surface area contributed by atoms with Crippen molar-refractivity contribution in [1.82, 2.24) is 5.32 Å². The summed E-state index contributed by atoms with van der Waals surface area (Å²) >= 11 is 5.87. The molecular weight excluding hydrogens is 258 g/mol. The van der Waals surface area contributed by atoms with Crippen molar-refractivity contribution in [1.29, 1.82) is 0 Å². The third-order valence-electron chi connectivity index (χ3n) is 2.08. The van der Waals surface area contributed by atoms with Crippen molar-refractivity contribution in [2.24, 2.45) is 0 Å². The molecule has 18 heavy (non-hydrogen) atoms. The van der Waals surface area contributed by atoms with Crippen molar-refractivity contribution in [2.75, 3.05) is 13.2 Å². The van der Waals surface area contributed by atoms with Crippen LogP contribution in [0.2, 0.25) is 5.02 Å². The summed E-state index contributed by atoms with van der Waals surface area (Å²) in [6.45, 7) is 0.322. The fourth-order valence-corrected chi connectivity index (χ4v) is 1.40. The third kappa shape index (κ3) is 5.54. The lowest BCUT2D eigenvalue weighted by Gasteiger charge is -2.07.